The molecule has 3 N–H and O–H groups in total. The van der Waals surface area contributed by atoms with E-state index in [1.165, 1.54) is 62.0 Å². The Morgan fingerprint density at radius 3 is 2.47 bits per heavy atom. The standard InChI is InChI=1S/C57H66F2N10O6/c1-5-41-44(58)8-6-37-26-40(70)28-42(48(37)41)50-49(59)51-43(29-60-50)52(68-32-39-12-14-56(3,34-68)64-39)63-54(62-51)75-33-35(2)30-65-22-24-66(25-23-65)31-36-10-15-57(16-11-36)17-20-67(21-18-57)53(72)38-7-9-46(74-4)45(27-38)69-19-13-47(71)61-55(69)73/h1,6-9,26-29,35-36,39,64,70H,10-25,30-34H2,2-4H3,(H,61,71,73)/t35-,39?,56?/m1/s1. The average molecular weight is 1030 g/mol. The predicted octanol–water partition coefficient (Wildman–Crippen LogP) is 7.34. The Morgan fingerprint density at radius 1 is 0.960 bits per heavy atom. The second kappa shape index (κ2) is 20.5. The third kappa shape index (κ3) is 10.1. The first-order valence-corrected chi connectivity index (χ1v) is 26.6. The first kappa shape index (κ1) is 50.5. The van der Waals surface area contributed by atoms with Crippen molar-refractivity contribution < 1.29 is 37.7 Å². The van der Waals surface area contributed by atoms with Crippen molar-refractivity contribution in [3.8, 4) is 41.1 Å². The SMILES string of the molecule is C#Cc1c(F)ccc2cc(O)cc(-c3ncc4c(N5CC6CCC(C)(C5)N6)nc(OC[C@H](C)CN5CCN(CC6CCC7(CC6)CCN(C(=O)c6ccc(OC)c(N8CCC(=O)NC8=O)c6)CC7)CC5)nc4c3F)c12. The van der Waals surface area contributed by atoms with Crippen LogP contribution in [-0.2, 0) is 4.79 Å². The first-order chi connectivity index (χ1) is 36.2. The molecule has 2 unspecified atom stereocenters. The molecule has 2 aromatic heterocycles. The van der Waals surface area contributed by atoms with Crippen molar-refractivity contribution >= 4 is 51.0 Å². The number of halogens is 2. The fraction of sp³-hybridized carbons (Fsp3) is 0.509. The second-order valence-corrected chi connectivity index (χ2v) is 22.4. The number of piperidine rings is 1. The summed E-state index contributed by atoms with van der Waals surface area (Å²) in [6, 6.07) is 10.5. The number of terminal acetylenes is 1. The molecule has 16 nitrogen and oxygen atoms in total. The number of fused-ring (bicyclic) bond motifs is 4. The molecule has 6 fully saturated rings. The van der Waals surface area contributed by atoms with Crippen LogP contribution in [0.3, 0.4) is 0 Å². The molecule has 5 aliphatic heterocycles. The number of piperazine rings is 2. The number of ether oxygens (including phenoxy) is 2. The molecular weight excluding hydrogens is 959 g/mol. The van der Waals surface area contributed by atoms with Crippen LogP contribution in [0.1, 0.15) is 87.6 Å². The minimum absolute atomic E-state index is 0.0224. The van der Waals surface area contributed by atoms with E-state index in [0.29, 0.717) is 72.3 Å². The van der Waals surface area contributed by atoms with Gasteiger partial charge in [-0.2, -0.15) is 9.97 Å². The van der Waals surface area contributed by atoms with Gasteiger partial charge in [0, 0.05) is 119 Å². The maximum atomic E-state index is 17.2. The Labute approximate surface area is 436 Å². The third-order valence-corrected chi connectivity index (χ3v) is 17.1. The van der Waals surface area contributed by atoms with Crippen molar-refractivity contribution in [2.45, 2.75) is 83.2 Å². The quantitative estimate of drug-likeness (QED) is 0.106. The molecule has 7 heterocycles. The monoisotopic (exact) mass is 1020 g/mol. The second-order valence-electron chi connectivity index (χ2n) is 22.4. The lowest BCUT2D eigenvalue weighted by molar-refractivity contribution is -0.120. The number of aromatic nitrogens is 3. The number of anilines is 2. The molecule has 18 heteroatoms. The molecular formula is C57H66F2N10O6. The molecule has 11 rings (SSSR count). The molecule has 394 valence electrons. The van der Waals surface area contributed by atoms with Gasteiger partial charge in [-0.15, -0.1) is 6.42 Å². The van der Waals surface area contributed by atoms with Crippen molar-refractivity contribution in [2.75, 3.05) is 95.5 Å². The number of rotatable bonds is 12. The number of methoxy groups -OCH3 is 1. The van der Waals surface area contributed by atoms with E-state index in [1.807, 2.05) is 4.90 Å². The zero-order valence-electron chi connectivity index (χ0n) is 43.1. The summed E-state index contributed by atoms with van der Waals surface area (Å²) in [5.74, 6) is 2.33. The minimum atomic E-state index is -0.743. The first-order valence-electron chi connectivity index (χ1n) is 26.6. The zero-order chi connectivity index (χ0) is 52.2. The number of imide groups is 1. The molecule has 75 heavy (non-hydrogen) atoms. The molecule has 1 aliphatic carbocycles. The van der Waals surface area contributed by atoms with Gasteiger partial charge in [0.1, 0.15) is 34.3 Å². The number of likely N-dealkylation sites (tertiary alicyclic amines) is 1. The van der Waals surface area contributed by atoms with Gasteiger partial charge >= 0.3 is 12.0 Å². The van der Waals surface area contributed by atoms with Crippen LogP contribution in [0.2, 0.25) is 0 Å². The maximum absolute atomic E-state index is 17.2. The van der Waals surface area contributed by atoms with Gasteiger partial charge in [0.25, 0.3) is 5.91 Å². The highest BCUT2D eigenvalue weighted by Gasteiger charge is 2.43. The number of phenols is 1. The molecule has 3 atom stereocenters. The molecule has 1 spiro atoms. The number of hydrogen-bond donors (Lipinski definition) is 3. The number of benzene rings is 3. The number of urea groups is 1. The van der Waals surface area contributed by atoms with Crippen LogP contribution in [0.15, 0.2) is 48.7 Å². The number of carbonyl (C=O) groups excluding carboxylic acids is 3. The Bertz CT molecular complexity index is 3090. The van der Waals surface area contributed by atoms with Gasteiger partial charge in [-0.25, -0.2) is 13.6 Å². The van der Waals surface area contributed by atoms with Crippen molar-refractivity contribution in [3.05, 3.63) is 71.4 Å². The van der Waals surface area contributed by atoms with Crippen molar-refractivity contribution in [1.29, 1.82) is 0 Å². The van der Waals surface area contributed by atoms with Gasteiger partial charge in [-0.05, 0) is 111 Å². The number of nitrogens with one attached hydrogen (secondary N) is 2. The highest BCUT2D eigenvalue weighted by molar-refractivity contribution is 6.07. The van der Waals surface area contributed by atoms with Crippen LogP contribution in [0, 0.1) is 41.2 Å². The third-order valence-electron chi connectivity index (χ3n) is 17.1. The van der Waals surface area contributed by atoms with Gasteiger partial charge in [0.15, 0.2) is 5.82 Å². The largest absolute Gasteiger partial charge is 0.508 e. The summed E-state index contributed by atoms with van der Waals surface area (Å²) in [5, 5.41) is 18.0. The smallest absolute Gasteiger partial charge is 0.328 e. The lowest BCUT2D eigenvalue weighted by atomic mass is 9.65. The normalized spacial score (nSPS) is 22.9. The van der Waals surface area contributed by atoms with Crippen LogP contribution in [0.4, 0.5) is 25.1 Å². The van der Waals surface area contributed by atoms with Crippen LogP contribution in [-0.4, -0.2) is 150 Å². The summed E-state index contributed by atoms with van der Waals surface area (Å²) in [5.41, 5.74) is 1.15. The molecule has 5 saturated heterocycles. The molecule has 5 aromatic rings. The Balaban J connectivity index is 0.688. The summed E-state index contributed by atoms with van der Waals surface area (Å²) in [4.78, 5) is 63.1. The molecule has 2 bridgehead atoms. The van der Waals surface area contributed by atoms with Crippen molar-refractivity contribution in [2.24, 2.45) is 17.3 Å². The van der Waals surface area contributed by atoms with Crippen molar-refractivity contribution in [1.82, 2.24) is 40.3 Å². The van der Waals surface area contributed by atoms with E-state index >= 15 is 8.78 Å². The molecule has 6 aliphatic rings. The number of amides is 4. The van der Waals surface area contributed by atoms with Crippen LogP contribution >= 0.6 is 0 Å². The molecule has 3 aromatic carbocycles. The average Bonchev–Trinajstić information content (AvgIpc) is 3.69. The number of pyridine rings is 1. The summed E-state index contributed by atoms with van der Waals surface area (Å²) < 4.78 is 44.1. The van der Waals surface area contributed by atoms with Crippen LogP contribution < -0.4 is 29.9 Å². The summed E-state index contributed by atoms with van der Waals surface area (Å²) in [7, 11) is 1.52. The fourth-order valence-corrected chi connectivity index (χ4v) is 13.0. The van der Waals surface area contributed by atoms with Gasteiger partial charge in [-0.3, -0.25) is 24.8 Å². The maximum Gasteiger partial charge on any atom is 0.328 e. The van der Waals surface area contributed by atoms with E-state index in [9.17, 15) is 19.5 Å². The minimum Gasteiger partial charge on any atom is -0.508 e. The molecule has 0 radical (unpaired) electrons. The highest BCUT2D eigenvalue weighted by atomic mass is 19.1. The fourth-order valence-electron chi connectivity index (χ4n) is 13.0. The number of nitrogens with zero attached hydrogens (tertiary/aromatic N) is 8. The summed E-state index contributed by atoms with van der Waals surface area (Å²) in [6.45, 7) is 13.5. The van der Waals surface area contributed by atoms with E-state index in [4.69, 9.17) is 20.9 Å². The van der Waals surface area contributed by atoms with Gasteiger partial charge in [-0.1, -0.05) is 18.9 Å². The van der Waals surface area contributed by atoms with E-state index in [2.05, 4.69) is 55.1 Å². The van der Waals surface area contributed by atoms with Crippen LogP contribution in [0.5, 0.6) is 17.5 Å². The van der Waals surface area contributed by atoms with Gasteiger partial charge in [0.05, 0.1) is 30.4 Å². The Morgan fingerprint density at radius 2 is 1.73 bits per heavy atom. The zero-order valence-corrected chi connectivity index (χ0v) is 43.1. The summed E-state index contributed by atoms with van der Waals surface area (Å²) in [6.07, 6.45) is 16.3. The predicted molar refractivity (Wildman–Crippen MR) is 282 cm³/mol. The number of hydrogen-bond acceptors (Lipinski definition) is 13. The van der Waals surface area contributed by atoms with Crippen molar-refractivity contribution in [3.63, 3.8) is 0 Å². The van der Waals surface area contributed by atoms with E-state index in [1.54, 1.807) is 24.4 Å². The lowest BCUT2D eigenvalue weighted by Gasteiger charge is -2.47. The van der Waals surface area contributed by atoms with E-state index in [0.717, 1.165) is 65.0 Å². The number of aromatic hydroxyl groups is 1. The summed E-state index contributed by atoms with van der Waals surface area (Å²) >= 11 is 0. The van der Waals surface area contributed by atoms with Gasteiger partial charge in [0.2, 0.25) is 5.91 Å². The van der Waals surface area contributed by atoms with E-state index < -0.39 is 17.7 Å². The van der Waals surface area contributed by atoms with Crippen LogP contribution in [0.25, 0.3) is 32.9 Å². The van der Waals surface area contributed by atoms with Gasteiger partial charge < -0.3 is 39.5 Å². The number of carbonyl (C=O) groups is 3. The number of phenolic OH excluding ortho intramolecular Hbond substituents is 1. The lowest BCUT2D eigenvalue weighted by Crippen LogP contribution is -2.58. The molecule has 1 saturated carbocycles. The Hall–Kier alpha value is -6.68. The highest BCUT2D eigenvalue weighted by Crippen LogP contribution is 2.47. The molecule has 4 amide bonds. The Kier molecular flexibility index (Phi) is 13.8. The topological polar surface area (TPSA) is 169 Å². The van der Waals surface area contributed by atoms with E-state index in [-0.39, 0.29) is 87.2 Å².